The number of aliphatic hydroxyl groups is 1. The van der Waals surface area contributed by atoms with Crippen LogP contribution in [0.1, 0.15) is 98.9 Å². The third-order valence-corrected chi connectivity index (χ3v) is 8.01. The number of carbonyl (C=O) groups is 1. The molecule has 2 N–H and O–H groups in total. The smallest absolute Gasteiger partial charge is 0.396 e. The van der Waals surface area contributed by atoms with Gasteiger partial charge in [0.1, 0.15) is 11.6 Å². The Balaban J connectivity index is 1.44. The van der Waals surface area contributed by atoms with E-state index in [0.29, 0.717) is 47.9 Å². The Morgan fingerprint density at radius 2 is 2.05 bits per heavy atom. The second kappa shape index (κ2) is 12.4. The zero-order valence-corrected chi connectivity index (χ0v) is 22.4. The minimum absolute atomic E-state index is 0.0385. The summed E-state index contributed by atoms with van der Waals surface area (Å²) in [5.41, 5.74) is 8.51. The summed E-state index contributed by atoms with van der Waals surface area (Å²) in [4.78, 5) is 15.8. The number of hydrogen-bond donors (Lipinski definition) is 2. The van der Waals surface area contributed by atoms with Crippen molar-refractivity contribution in [2.45, 2.75) is 89.3 Å². The first-order valence-electron chi connectivity index (χ1n) is 13.7. The quantitative estimate of drug-likeness (QED) is 0.165. The van der Waals surface area contributed by atoms with E-state index < -0.39 is 11.7 Å². The van der Waals surface area contributed by atoms with Crippen LogP contribution in [-0.4, -0.2) is 38.9 Å². The Morgan fingerprint density at radius 1 is 1.31 bits per heavy atom. The summed E-state index contributed by atoms with van der Waals surface area (Å²) in [7, 11) is 0. The van der Waals surface area contributed by atoms with Crippen molar-refractivity contribution < 1.29 is 23.1 Å². The molecule has 12 heteroatoms. The average molecular weight is 548 g/mol. The molecule has 2 atom stereocenters. The van der Waals surface area contributed by atoms with E-state index in [1.807, 2.05) is 0 Å². The minimum Gasteiger partial charge on any atom is -0.396 e. The van der Waals surface area contributed by atoms with Gasteiger partial charge in [0.15, 0.2) is 0 Å². The molecule has 1 aromatic heterocycles. The summed E-state index contributed by atoms with van der Waals surface area (Å²) < 4.78 is 41.2. The van der Waals surface area contributed by atoms with Crippen LogP contribution in [0.4, 0.5) is 18.9 Å². The Bertz CT molecular complexity index is 1200. The third kappa shape index (κ3) is 7.10. The lowest BCUT2D eigenvalue weighted by Gasteiger charge is -2.37. The van der Waals surface area contributed by atoms with Gasteiger partial charge in [-0.1, -0.05) is 18.5 Å². The largest absolute Gasteiger partial charge is 0.416 e. The molecule has 1 aromatic carbocycles. The Labute approximate surface area is 225 Å². The number of alkyl halides is 3. The molecule has 0 aliphatic heterocycles. The van der Waals surface area contributed by atoms with Crippen LogP contribution in [0.2, 0.25) is 0 Å². The molecule has 1 heterocycles. The molecule has 1 unspecified atom stereocenters. The number of anilines is 1. The molecule has 2 fully saturated rings. The minimum atomic E-state index is -4.45. The molecule has 39 heavy (non-hydrogen) atoms. The molecule has 2 aromatic rings. The Morgan fingerprint density at radius 3 is 2.64 bits per heavy atom. The van der Waals surface area contributed by atoms with E-state index in [1.165, 1.54) is 13.0 Å². The van der Waals surface area contributed by atoms with Crippen LogP contribution in [0.15, 0.2) is 23.3 Å². The van der Waals surface area contributed by atoms with Crippen LogP contribution >= 0.6 is 0 Å². The third-order valence-electron chi connectivity index (χ3n) is 8.01. The summed E-state index contributed by atoms with van der Waals surface area (Å²) in [6.07, 6.45) is 1.93. The molecule has 4 rings (SSSR count). The zero-order chi connectivity index (χ0) is 28.2. The van der Waals surface area contributed by atoms with Gasteiger partial charge in [-0.25, -0.2) is 0 Å². The van der Waals surface area contributed by atoms with Crippen molar-refractivity contribution in [3.8, 4) is 0 Å². The number of nitrogens with one attached hydrogen (secondary N) is 1. The predicted octanol–water partition coefficient (Wildman–Crippen LogP) is 6.66. The van der Waals surface area contributed by atoms with Gasteiger partial charge in [0.2, 0.25) is 5.91 Å². The number of amides is 1. The lowest BCUT2D eigenvalue weighted by Crippen LogP contribution is -2.28. The summed E-state index contributed by atoms with van der Waals surface area (Å²) >= 11 is 0. The molecule has 1 amide bonds. The fraction of sp³-hybridized carbons (Fsp3) is 0.667. The number of aryl methyl sites for hydroxylation is 1. The lowest BCUT2D eigenvalue weighted by atomic mass is 9.70. The molecule has 0 saturated heterocycles. The number of azide groups is 1. The van der Waals surface area contributed by atoms with Crippen LogP contribution < -0.4 is 5.32 Å². The highest BCUT2D eigenvalue weighted by molar-refractivity contribution is 5.92. The maximum atomic E-state index is 13.0. The van der Waals surface area contributed by atoms with Crippen molar-refractivity contribution in [1.82, 2.24) is 14.8 Å². The van der Waals surface area contributed by atoms with Crippen LogP contribution in [0.25, 0.3) is 10.4 Å². The normalized spacial score (nSPS) is 20.6. The lowest BCUT2D eigenvalue weighted by molar-refractivity contribution is -0.137. The van der Waals surface area contributed by atoms with E-state index in [4.69, 9.17) is 5.53 Å². The van der Waals surface area contributed by atoms with E-state index in [9.17, 15) is 23.1 Å². The topological polar surface area (TPSA) is 129 Å². The number of halogens is 3. The number of benzene rings is 1. The van der Waals surface area contributed by atoms with Gasteiger partial charge in [-0.15, -0.1) is 10.2 Å². The van der Waals surface area contributed by atoms with Crippen molar-refractivity contribution in [3.05, 3.63) is 51.4 Å². The molecule has 0 spiro atoms. The molecular weight excluding hydrogens is 511 g/mol. The Kier molecular flexibility index (Phi) is 9.17. The van der Waals surface area contributed by atoms with Crippen LogP contribution in [0.5, 0.6) is 0 Å². The summed E-state index contributed by atoms with van der Waals surface area (Å²) in [6.45, 7) is 4.03. The van der Waals surface area contributed by atoms with E-state index in [0.717, 1.165) is 56.5 Å². The van der Waals surface area contributed by atoms with Crippen molar-refractivity contribution in [1.29, 1.82) is 0 Å². The highest BCUT2D eigenvalue weighted by atomic mass is 19.4. The highest BCUT2D eigenvalue weighted by Crippen LogP contribution is 2.48. The van der Waals surface area contributed by atoms with Crippen LogP contribution in [0.3, 0.4) is 0 Å². The maximum Gasteiger partial charge on any atom is 0.416 e. The SMILES string of the molecule is CCC(CN=[N+]=[N-])CC1CC(c2nnc([C@@H](CCO)CC(=O)Nc3ccc(C(F)(F)F)cc3C)n2C2CC2)C1. The molecule has 9 nitrogen and oxygen atoms in total. The fourth-order valence-electron chi connectivity index (χ4n) is 5.60. The summed E-state index contributed by atoms with van der Waals surface area (Å²) in [6, 6.07) is 3.53. The highest BCUT2D eigenvalue weighted by Gasteiger charge is 2.40. The van der Waals surface area contributed by atoms with Gasteiger partial charge in [-0.3, -0.25) is 4.79 Å². The molecule has 2 saturated carbocycles. The number of rotatable bonds is 13. The summed E-state index contributed by atoms with van der Waals surface area (Å²) in [5, 5.41) is 25.3. The van der Waals surface area contributed by atoms with Gasteiger partial charge < -0.3 is 15.0 Å². The van der Waals surface area contributed by atoms with Gasteiger partial charge in [0.05, 0.1) is 5.56 Å². The first-order chi connectivity index (χ1) is 18.6. The number of hydrogen-bond acceptors (Lipinski definition) is 5. The molecule has 2 aliphatic rings. The van der Waals surface area contributed by atoms with Gasteiger partial charge >= 0.3 is 6.18 Å². The maximum absolute atomic E-state index is 13.0. The predicted molar refractivity (Wildman–Crippen MR) is 140 cm³/mol. The first-order valence-corrected chi connectivity index (χ1v) is 13.7. The van der Waals surface area contributed by atoms with E-state index >= 15 is 0 Å². The van der Waals surface area contributed by atoms with Crippen LogP contribution in [0, 0.1) is 18.8 Å². The van der Waals surface area contributed by atoms with Crippen molar-refractivity contribution in [2.24, 2.45) is 17.0 Å². The molecule has 212 valence electrons. The monoisotopic (exact) mass is 547 g/mol. The number of aromatic nitrogens is 3. The zero-order valence-electron chi connectivity index (χ0n) is 22.4. The second-order valence-electron chi connectivity index (χ2n) is 11.0. The van der Waals surface area contributed by atoms with Gasteiger partial charge in [0, 0.05) is 48.0 Å². The summed E-state index contributed by atoms with van der Waals surface area (Å²) in [5.74, 6) is 2.13. The van der Waals surface area contributed by atoms with Gasteiger partial charge in [-0.2, -0.15) is 13.2 Å². The second-order valence-corrected chi connectivity index (χ2v) is 11.0. The average Bonchev–Trinajstić information content (AvgIpc) is 3.61. The Hall–Kier alpha value is -3.11. The fourth-order valence-corrected chi connectivity index (χ4v) is 5.60. The van der Waals surface area contributed by atoms with Crippen LogP contribution in [-0.2, 0) is 11.0 Å². The van der Waals surface area contributed by atoms with Gasteiger partial charge in [0.25, 0.3) is 0 Å². The van der Waals surface area contributed by atoms with Crippen molar-refractivity contribution >= 4 is 11.6 Å². The van der Waals surface area contributed by atoms with E-state index in [1.54, 1.807) is 0 Å². The van der Waals surface area contributed by atoms with Crippen molar-refractivity contribution in [2.75, 3.05) is 18.5 Å². The molecule has 2 aliphatic carbocycles. The number of carbonyl (C=O) groups excluding carboxylic acids is 1. The van der Waals surface area contributed by atoms with E-state index in [2.05, 4.69) is 37.0 Å². The number of nitrogens with zero attached hydrogens (tertiary/aromatic N) is 6. The van der Waals surface area contributed by atoms with Gasteiger partial charge in [-0.05, 0) is 86.6 Å². The first kappa shape index (κ1) is 28.9. The standard InChI is InChI=1S/C27H36F3N7O2/c1-3-17(15-32-36-31)11-18-12-20(13-18)26-35-34-25(37(26)22-5-6-22)19(8-9-38)14-24(39)33-23-7-4-21(10-16(23)2)27(28,29)30/h4,7,10,17-20,22,38H,3,5-6,8-9,11-15H2,1-2H3,(H,33,39)/t17?,18?,19-,20?/m0/s1. The number of aliphatic hydroxyl groups excluding tert-OH is 1. The van der Waals surface area contributed by atoms with E-state index in [-0.39, 0.29) is 30.8 Å². The van der Waals surface area contributed by atoms with Crippen molar-refractivity contribution in [3.63, 3.8) is 0 Å². The molecular formula is C27H36F3N7O2. The molecule has 0 radical (unpaired) electrons. The molecule has 0 bridgehead atoms.